The average molecular weight is 479 g/mol. The van der Waals surface area contributed by atoms with E-state index in [0.29, 0.717) is 38.3 Å². The standard InChI is InChI=1S/C22H22ClF3N6O/c1-31-17-5-3-2-4-16(17)29-21(31)18(33)12-28-13-6-8-32(9-7-13)19-10-15(22(24,25)26)14(11-27)20(23)30-19/h2-5,10,13,18,28,33H,6-9,12H2,1H3. The van der Waals surface area contributed by atoms with Crippen LogP contribution >= 0.6 is 11.6 Å². The summed E-state index contributed by atoms with van der Waals surface area (Å²) in [4.78, 5) is 10.2. The number of halogens is 4. The van der Waals surface area contributed by atoms with Gasteiger partial charge in [0.1, 0.15) is 34.5 Å². The lowest BCUT2D eigenvalue weighted by Crippen LogP contribution is -2.44. The summed E-state index contributed by atoms with van der Waals surface area (Å²) in [6.07, 6.45) is -4.20. The third-order valence-corrected chi connectivity index (χ3v) is 6.19. The van der Waals surface area contributed by atoms with Crippen LogP contribution in [0, 0.1) is 11.3 Å². The molecule has 2 N–H and O–H groups in total. The van der Waals surface area contributed by atoms with Gasteiger partial charge in [0.05, 0.1) is 16.6 Å². The van der Waals surface area contributed by atoms with Crippen LogP contribution in [0.5, 0.6) is 0 Å². The van der Waals surface area contributed by atoms with Crippen molar-refractivity contribution in [3.05, 3.63) is 52.4 Å². The number of hydrogen-bond acceptors (Lipinski definition) is 6. The first kappa shape index (κ1) is 23.3. The zero-order chi connectivity index (χ0) is 23.8. The number of alkyl halides is 3. The molecule has 0 spiro atoms. The third-order valence-electron chi connectivity index (χ3n) is 5.92. The Hall–Kier alpha value is -2.87. The van der Waals surface area contributed by atoms with Crippen molar-refractivity contribution in [1.29, 1.82) is 5.26 Å². The number of aromatic nitrogens is 3. The van der Waals surface area contributed by atoms with E-state index in [9.17, 15) is 18.3 Å². The number of aryl methyl sites for hydroxylation is 1. The van der Waals surface area contributed by atoms with Crippen LogP contribution in [-0.2, 0) is 13.2 Å². The van der Waals surface area contributed by atoms with E-state index >= 15 is 0 Å². The van der Waals surface area contributed by atoms with E-state index in [1.54, 1.807) is 4.90 Å². The largest absolute Gasteiger partial charge is 0.417 e. The number of benzene rings is 1. The van der Waals surface area contributed by atoms with Gasteiger partial charge in [-0.1, -0.05) is 23.7 Å². The van der Waals surface area contributed by atoms with Crippen LogP contribution in [0.3, 0.4) is 0 Å². The number of fused-ring (bicyclic) bond motifs is 1. The predicted molar refractivity (Wildman–Crippen MR) is 118 cm³/mol. The second-order valence-corrected chi connectivity index (χ2v) is 8.36. The first-order valence-electron chi connectivity index (χ1n) is 10.4. The lowest BCUT2D eigenvalue weighted by Gasteiger charge is -2.34. The fourth-order valence-corrected chi connectivity index (χ4v) is 4.37. The van der Waals surface area contributed by atoms with Gasteiger partial charge in [-0.05, 0) is 31.0 Å². The summed E-state index contributed by atoms with van der Waals surface area (Å²) in [5, 5.41) is 22.5. The molecule has 1 aliphatic heterocycles. The van der Waals surface area contributed by atoms with Crippen molar-refractivity contribution >= 4 is 28.5 Å². The quantitative estimate of drug-likeness (QED) is 0.542. The van der Waals surface area contributed by atoms with Crippen LogP contribution in [0.1, 0.15) is 35.9 Å². The molecule has 4 rings (SSSR count). The number of aliphatic hydroxyl groups is 1. The molecule has 3 aromatic rings. The minimum Gasteiger partial charge on any atom is -0.384 e. The Morgan fingerprint density at radius 3 is 2.61 bits per heavy atom. The fraction of sp³-hybridized carbons (Fsp3) is 0.409. The van der Waals surface area contributed by atoms with E-state index in [4.69, 9.17) is 16.9 Å². The highest BCUT2D eigenvalue weighted by atomic mass is 35.5. The summed E-state index contributed by atoms with van der Waals surface area (Å²) < 4.78 is 41.9. The number of rotatable bonds is 5. The Morgan fingerprint density at radius 1 is 1.27 bits per heavy atom. The number of nitrogens with one attached hydrogen (secondary N) is 1. The molecule has 1 aliphatic rings. The molecule has 0 amide bonds. The van der Waals surface area contributed by atoms with Gasteiger partial charge < -0.3 is 19.9 Å². The molecule has 0 saturated carbocycles. The van der Waals surface area contributed by atoms with Crippen LogP contribution in [-0.4, -0.2) is 45.3 Å². The molecule has 1 fully saturated rings. The molecule has 1 aromatic carbocycles. The van der Waals surface area contributed by atoms with Gasteiger partial charge in [-0.25, -0.2) is 9.97 Å². The van der Waals surface area contributed by atoms with Crippen molar-refractivity contribution in [2.45, 2.75) is 31.2 Å². The maximum absolute atomic E-state index is 13.3. The maximum Gasteiger partial charge on any atom is 0.417 e. The molecule has 3 heterocycles. The smallest absolute Gasteiger partial charge is 0.384 e. The molecule has 0 radical (unpaired) electrons. The van der Waals surface area contributed by atoms with Crippen LogP contribution in [0.2, 0.25) is 5.15 Å². The Bertz CT molecular complexity index is 1200. The summed E-state index contributed by atoms with van der Waals surface area (Å²) in [7, 11) is 1.86. The van der Waals surface area contributed by atoms with Gasteiger partial charge in [-0.3, -0.25) is 0 Å². The van der Waals surface area contributed by atoms with Crippen molar-refractivity contribution in [3.63, 3.8) is 0 Å². The third kappa shape index (κ3) is 4.76. The number of hydrogen-bond donors (Lipinski definition) is 2. The highest BCUT2D eigenvalue weighted by molar-refractivity contribution is 6.30. The molecule has 7 nitrogen and oxygen atoms in total. The molecule has 1 unspecified atom stereocenters. The molecule has 2 aromatic heterocycles. The average Bonchev–Trinajstić information content (AvgIpc) is 3.13. The number of imidazole rings is 1. The van der Waals surface area contributed by atoms with Crippen LogP contribution in [0.4, 0.5) is 19.0 Å². The van der Waals surface area contributed by atoms with Gasteiger partial charge in [0, 0.05) is 32.7 Å². The molecule has 1 saturated heterocycles. The van der Waals surface area contributed by atoms with E-state index in [2.05, 4.69) is 15.3 Å². The Kier molecular flexibility index (Phi) is 6.47. The van der Waals surface area contributed by atoms with Crippen molar-refractivity contribution in [2.75, 3.05) is 24.5 Å². The first-order valence-corrected chi connectivity index (χ1v) is 10.8. The molecular weight excluding hydrogens is 457 g/mol. The zero-order valence-electron chi connectivity index (χ0n) is 17.8. The maximum atomic E-state index is 13.3. The number of para-hydroxylation sites is 2. The summed E-state index contributed by atoms with van der Waals surface area (Å²) in [5.41, 5.74) is 0.00653. The molecule has 174 valence electrons. The number of nitriles is 1. The van der Waals surface area contributed by atoms with Crippen molar-refractivity contribution in [1.82, 2.24) is 19.9 Å². The lowest BCUT2D eigenvalue weighted by atomic mass is 10.0. The Morgan fingerprint density at radius 2 is 1.97 bits per heavy atom. The molecule has 11 heteroatoms. The summed E-state index contributed by atoms with van der Waals surface area (Å²) in [6, 6.07) is 10.1. The first-order chi connectivity index (χ1) is 15.7. The van der Waals surface area contributed by atoms with E-state index in [1.807, 2.05) is 35.9 Å². The minimum absolute atomic E-state index is 0.0847. The summed E-state index contributed by atoms with van der Waals surface area (Å²) in [5.74, 6) is 0.668. The SMILES string of the molecule is Cn1c(C(O)CNC2CCN(c3cc(C(F)(F)F)c(C#N)c(Cl)n3)CC2)nc2ccccc21. The predicted octanol–water partition coefficient (Wildman–Crippen LogP) is 3.80. The number of nitrogens with zero attached hydrogens (tertiary/aromatic N) is 5. The normalized spacial score (nSPS) is 16.2. The fourth-order valence-electron chi connectivity index (χ4n) is 4.14. The Labute approximate surface area is 193 Å². The number of piperidine rings is 1. The van der Waals surface area contributed by atoms with Gasteiger partial charge >= 0.3 is 6.18 Å². The topological polar surface area (TPSA) is 90.0 Å². The molecule has 0 aliphatic carbocycles. The second kappa shape index (κ2) is 9.17. The zero-order valence-corrected chi connectivity index (χ0v) is 18.5. The van der Waals surface area contributed by atoms with Crippen molar-refractivity contribution < 1.29 is 18.3 Å². The second-order valence-electron chi connectivity index (χ2n) is 8.01. The monoisotopic (exact) mass is 478 g/mol. The van der Waals surface area contributed by atoms with Gasteiger partial charge in [-0.2, -0.15) is 18.4 Å². The van der Waals surface area contributed by atoms with Crippen molar-refractivity contribution in [3.8, 4) is 6.07 Å². The van der Waals surface area contributed by atoms with Gasteiger partial charge in [0.15, 0.2) is 0 Å². The van der Waals surface area contributed by atoms with Gasteiger partial charge in [-0.15, -0.1) is 0 Å². The summed E-state index contributed by atoms with van der Waals surface area (Å²) in [6.45, 7) is 1.24. The highest BCUT2D eigenvalue weighted by Gasteiger charge is 2.36. The number of pyridine rings is 1. The van der Waals surface area contributed by atoms with E-state index < -0.39 is 28.6 Å². The van der Waals surface area contributed by atoms with Crippen LogP contribution in [0.25, 0.3) is 11.0 Å². The highest BCUT2D eigenvalue weighted by Crippen LogP contribution is 2.36. The Balaban J connectivity index is 1.38. The van der Waals surface area contributed by atoms with Gasteiger partial charge in [0.25, 0.3) is 0 Å². The van der Waals surface area contributed by atoms with E-state index in [-0.39, 0.29) is 11.9 Å². The van der Waals surface area contributed by atoms with Gasteiger partial charge in [0.2, 0.25) is 0 Å². The minimum atomic E-state index is -4.70. The van der Waals surface area contributed by atoms with Crippen LogP contribution < -0.4 is 10.2 Å². The number of anilines is 1. The molecular formula is C22H22ClF3N6O. The lowest BCUT2D eigenvalue weighted by molar-refractivity contribution is -0.137. The molecule has 1 atom stereocenters. The molecule has 33 heavy (non-hydrogen) atoms. The van der Waals surface area contributed by atoms with Crippen molar-refractivity contribution in [2.24, 2.45) is 7.05 Å². The van der Waals surface area contributed by atoms with E-state index in [1.165, 1.54) is 6.07 Å². The summed E-state index contributed by atoms with van der Waals surface area (Å²) >= 11 is 5.87. The molecule has 0 bridgehead atoms. The van der Waals surface area contributed by atoms with Crippen LogP contribution in [0.15, 0.2) is 30.3 Å². The van der Waals surface area contributed by atoms with E-state index in [0.717, 1.165) is 17.1 Å². The number of aliphatic hydroxyl groups excluding tert-OH is 1.